The van der Waals surface area contributed by atoms with Gasteiger partial charge in [0, 0.05) is 6.20 Å². The standard InChI is InChI=1S/C8H11FN2.ClH/c9-7-3-2-6-11-8(7)4-1-5-10;/h2-3,6H,1,4-5,10H2;1H. The number of hydrogen-bond donors (Lipinski definition) is 1. The van der Waals surface area contributed by atoms with Gasteiger partial charge in [-0.3, -0.25) is 4.98 Å². The van der Waals surface area contributed by atoms with Crippen molar-refractivity contribution in [3.05, 3.63) is 29.8 Å². The van der Waals surface area contributed by atoms with Gasteiger partial charge in [-0.15, -0.1) is 12.4 Å². The van der Waals surface area contributed by atoms with Crippen molar-refractivity contribution in [3.8, 4) is 0 Å². The Bertz CT molecular complexity index is 230. The van der Waals surface area contributed by atoms with E-state index in [0.29, 0.717) is 18.7 Å². The molecule has 0 aliphatic rings. The Hall–Kier alpha value is -0.670. The van der Waals surface area contributed by atoms with Gasteiger partial charge in [-0.1, -0.05) is 0 Å². The third-order valence-electron chi connectivity index (χ3n) is 1.45. The van der Waals surface area contributed by atoms with Gasteiger partial charge < -0.3 is 5.73 Å². The summed E-state index contributed by atoms with van der Waals surface area (Å²) in [5.74, 6) is -0.235. The lowest BCUT2D eigenvalue weighted by molar-refractivity contribution is 0.593. The van der Waals surface area contributed by atoms with Gasteiger partial charge in [-0.05, 0) is 31.5 Å². The number of rotatable bonds is 3. The van der Waals surface area contributed by atoms with Crippen LogP contribution in [-0.2, 0) is 6.42 Å². The largest absolute Gasteiger partial charge is 0.330 e. The van der Waals surface area contributed by atoms with Crippen LogP contribution in [0.2, 0.25) is 0 Å². The molecule has 68 valence electrons. The van der Waals surface area contributed by atoms with Gasteiger partial charge in [0.2, 0.25) is 0 Å². The first-order valence-electron chi connectivity index (χ1n) is 3.64. The zero-order valence-electron chi connectivity index (χ0n) is 6.66. The molecule has 0 saturated heterocycles. The molecular weight excluding hydrogens is 179 g/mol. The zero-order valence-corrected chi connectivity index (χ0v) is 7.48. The van der Waals surface area contributed by atoms with Crippen molar-refractivity contribution in [2.75, 3.05) is 6.54 Å². The Labute approximate surface area is 77.4 Å². The van der Waals surface area contributed by atoms with E-state index in [0.717, 1.165) is 6.42 Å². The number of aromatic nitrogens is 1. The van der Waals surface area contributed by atoms with E-state index in [1.807, 2.05) is 0 Å². The van der Waals surface area contributed by atoms with Crippen LogP contribution in [0.15, 0.2) is 18.3 Å². The van der Waals surface area contributed by atoms with Crippen LogP contribution in [0, 0.1) is 5.82 Å². The van der Waals surface area contributed by atoms with Gasteiger partial charge in [0.15, 0.2) is 0 Å². The number of aryl methyl sites for hydroxylation is 1. The van der Waals surface area contributed by atoms with Crippen molar-refractivity contribution < 1.29 is 4.39 Å². The number of nitrogens with zero attached hydrogens (tertiary/aromatic N) is 1. The van der Waals surface area contributed by atoms with Crippen LogP contribution < -0.4 is 5.73 Å². The summed E-state index contributed by atoms with van der Waals surface area (Å²) in [5, 5.41) is 0. The molecule has 0 spiro atoms. The van der Waals surface area contributed by atoms with E-state index in [-0.39, 0.29) is 18.2 Å². The molecule has 1 aromatic rings. The van der Waals surface area contributed by atoms with Crippen LogP contribution in [0.5, 0.6) is 0 Å². The van der Waals surface area contributed by atoms with E-state index in [1.165, 1.54) is 6.07 Å². The third kappa shape index (κ3) is 3.15. The molecular formula is C8H12ClFN2. The molecule has 0 bridgehead atoms. The normalized spacial score (nSPS) is 9.17. The van der Waals surface area contributed by atoms with Crippen LogP contribution >= 0.6 is 12.4 Å². The Morgan fingerprint density at radius 1 is 1.50 bits per heavy atom. The second kappa shape index (κ2) is 5.91. The summed E-state index contributed by atoms with van der Waals surface area (Å²) in [6.07, 6.45) is 3.01. The van der Waals surface area contributed by atoms with Crippen LogP contribution in [0.4, 0.5) is 4.39 Å². The average Bonchev–Trinajstić information content (AvgIpc) is 2.03. The average molecular weight is 191 g/mol. The fourth-order valence-corrected chi connectivity index (χ4v) is 0.872. The first-order chi connectivity index (χ1) is 5.34. The third-order valence-corrected chi connectivity index (χ3v) is 1.45. The van der Waals surface area contributed by atoms with Gasteiger partial charge in [0.25, 0.3) is 0 Å². The maximum atomic E-state index is 12.8. The second-order valence-corrected chi connectivity index (χ2v) is 2.32. The van der Waals surface area contributed by atoms with Crippen LogP contribution in [0.25, 0.3) is 0 Å². The molecule has 12 heavy (non-hydrogen) atoms. The first kappa shape index (κ1) is 11.3. The molecule has 2 nitrogen and oxygen atoms in total. The highest BCUT2D eigenvalue weighted by Gasteiger charge is 1.99. The lowest BCUT2D eigenvalue weighted by Gasteiger charge is -1.98. The highest BCUT2D eigenvalue weighted by atomic mass is 35.5. The molecule has 1 rings (SSSR count). The van der Waals surface area contributed by atoms with E-state index in [2.05, 4.69) is 4.98 Å². The lowest BCUT2D eigenvalue weighted by atomic mass is 10.2. The van der Waals surface area contributed by atoms with Gasteiger partial charge in [0.1, 0.15) is 5.82 Å². The quantitative estimate of drug-likeness (QED) is 0.785. The number of nitrogens with two attached hydrogens (primary N) is 1. The molecule has 0 amide bonds. The molecule has 0 unspecified atom stereocenters. The van der Waals surface area contributed by atoms with E-state index < -0.39 is 0 Å². The molecule has 0 radical (unpaired) electrons. The van der Waals surface area contributed by atoms with Gasteiger partial charge in [-0.2, -0.15) is 0 Å². The van der Waals surface area contributed by atoms with Crippen LogP contribution in [-0.4, -0.2) is 11.5 Å². The Morgan fingerprint density at radius 2 is 2.25 bits per heavy atom. The van der Waals surface area contributed by atoms with E-state index in [1.54, 1.807) is 12.3 Å². The smallest absolute Gasteiger partial charge is 0.144 e. The predicted molar refractivity (Wildman–Crippen MR) is 48.8 cm³/mol. The molecule has 0 aliphatic heterocycles. The predicted octanol–water partition coefficient (Wildman–Crippen LogP) is 1.53. The van der Waals surface area contributed by atoms with Crippen molar-refractivity contribution >= 4 is 12.4 Å². The lowest BCUT2D eigenvalue weighted by Crippen LogP contribution is -2.02. The molecule has 0 aliphatic carbocycles. The maximum Gasteiger partial charge on any atom is 0.144 e. The molecule has 0 saturated carbocycles. The Balaban J connectivity index is 0.00000121. The number of hydrogen-bond acceptors (Lipinski definition) is 2. The van der Waals surface area contributed by atoms with Gasteiger partial charge >= 0.3 is 0 Å². The fourth-order valence-electron chi connectivity index (χ4n) is 0.872. The summed E-state index contributed by atoms with van der Waals surface area (Å²) in [6.45, 7) is 0.579. The van der Waals surface area contributed by atoms with E-state index >= 15 is 0 Å². The molecule has 0 atom stereocenters. The molecule has 0 fully saturated rings. The van der Waals surface area contributed by atoms with Gasteiger partial charge in [-0.25, -0.2) is 4.39 Å². The van der Waals surface area contributed by atoms with Crippen molar-refractivity contribution in [3.63, 3.8) is 0 Å². The van der Waals surface area contributed by atoms with Gasteiger partial charge in [0.05, 0.1) is 5.69 Å². The topological polar surface area (TPSA) is 38.9 Å². The minimum absolute atomic E-state index is 0. The minimum atomic E-state index is -0.235. The molecule has 1 heterocycles. The molecule has 0 aromatic carbocycles. The van der Waals surface area contributed by atoms with Crippen LogP contribution in [0.1, 0.15) is 12.1 Å². The summed E-state index contributed by atoms with van der Waals surface area (Å²) in [7, 11) is 0. The summed E-state index contributed by atoms with van der Waals surface area (Å²) >= 11 is 0. The summed E-state index contributed by atoms with van der Waals surface area (Å²) < 4.78 is 12.8. The number of pyridine rings is 1. The van der Waals surface area contributed by atoms with Crippen molar-refractivity contribution in [1.82, 2.24) is 4.98 Å². The monoisotopic (exact) mass is 190 g/mol. The summed E-state index contributed by atoms with van der Waals surface area (Å²) in [4.78, 5) is 3.89. The summed E-state index contributed by atoms with van der Waals surface area (Å²) in [6, 6.07) is 3.00. The molecule has 2 N–H and O–H groups in total. The highest BCUT2D eigenvalue weighted by Crippen LogP contribution is 2.04. The Kier molecular flexibility index (Phi) is 5.58. The zero-order chi connectivity index (χ0) is 8.10. The maximum absolute atomic E-state index is 12.8. The van der Waals surface area contributed by atoms with Crippen molar-refractivity contribution in [2.24, 2.45) is 5.73 Å². The van der Waals surface area contributed by atoms with E-state index in [4.69, 9.17) is 5.73 Å². The summed E-state index contributed by atoms with van der Waals surface area (Å²) in [5.41, 5.74) is 5.79. The molecule has 4 heteroatoms. The SMILES string of the molecule is Cl.NCCCc1ncccc1F. The first-order valence-corrected chi connectivity index (χ1v) is 3.64. The molecule has 1 aromatic heterocycles. The van der Waals surface area contributed by atoms with Crippen molar-refractivity contribution in [2.45, 2.75) is 12.8 Å². The Morgan fingerprint density at radius 3 is 2.83 bits per heavy atom. The minimum Gasteiger partial charge on any atom is -0.330 e. The van der Waals surface area contributed by atoms with E-state index in [9.17, 15) is 4.39 Å². The number of halogens is 2. The highest BCUT2D eigenvalue weighted by molar-refractivity contribution is 5.85. The van der Waals surface area contributed by atoms with Crippen molar-refractivity contribution in [1.29, 1.82) is 0 Å². The second-order valence-electron chi connectivity index (χ2n) is 2.32. The fraction of sp³-hybridized carbons (Fsp3) is 0.375. The van der Waals surface area contributed by atoms with Crippen LogP contribution in [0.3, 0.4) is 0 Å².